The van der Waals surface area contributed by atoms with Crippen LogP contribution in [-0.2, 0) is 9.53 Å². The Morgan fingerprint density at radius 1 is 1.25 bits per heavy atom. The lowest BCUT2D eigenvalue weighted by Crippen LogP contribution is -2.45. The van der Waals surface area contributed by atoms with Crippen LogP contribution in [0.4, 0.5) is 5.69 Å². The van der Waals surface area contributed by atoms with E-state index < -0.39 is 6.10 Å². The minimum Gasteiger partial charge on any atom is -0.496 e. The predicted molar refractivity (Wildman–Crippen MR) is 96.9 cm³/mol. The Morgan fingerprint density at radius 3 is 2.83 bits per heavy atom. The molecule has 1 amide bonds. The Bertz CT molecular complexity index is 687. The molecule has 0 aromatic heterocycles. The Kier molecular flexibility index (Phi) is 6.61. The number of nitrogens with one attached hydrogen (secondary N) is 2. The maximum Gasteiger partial charge on any atom is 0.254 e. The van der Waals surface area contributed by atoms with Crippen LogP contribution in [0.3, 0.4) is 0 Å². The first-order valence-electron chi connectivity index (χ1n) is 7.64. The van der Waals surface area contributed by atoms with Crippen LogP contribution in [0.25, 0.3) is 11.1 Å². The smallest absolute Gasteiger partial charge is 0.254 e. The second-order valence-corrected chi connectivity index (χ2v) is 5.33. The molecule has 2 N–H and O–H groups in total. The topological polar surface area (TPSA) is 59.6 Å². The van der Waals surface area contributed by atoms with Gasteiger partial charge in [-0.3, -0.25) is 4.79 Å². The fourth-order valence-electron chi connectivity index (χ4n) is 2.60. The second kappa shape index (κ2) is 8.68. The van der Waals surface area contributed by atoms with Gasteiger partial charge in [0.25, 0.3) is 5.91 Å². The van der Waals surface area contributed by atoms with Gasteiger partial charge in [0.05, 0.1) is 13.7 Å². The zero-order chi connectivity index (χ0) is 16.1. The second-order valence-electron chi connectivity index (χ2n) is 5.33. The molecule has 0 radical (unpaired) electrons. The van der Waals surface area contributed by atoms with Gasteiger partial charge >= 0.3 is 0 Å². The Labute approximate surface area is 147 Å². The average Bonchev–Trinajstić information content (AvgIpc) is 2.62. The van der Waals surface area contributed by atoms with Gasteiger partial charge in [0, 0.05) is 24.3 Å². The van der Waals surface area contributed by atoms with Crippen molar-refractivity contribution in [3.05, 3.63) is 48.5 Å². The molecule has 0 saturated carbocycles. The lowest BCUT2D eigenvalue weighted by atomic mass is 10.0. The lowest BCUT2D eigenvalue weighted by molar-refractivity contribution is -0.128. The highest BCUT2D eigenvalue weighted by molar-refractivity contribution is 5.95. The Morgan fingerprint density at radius 2 is 2.08 bits per heavy atom. The van der Waals surface area contributed by atoms with Gasteiger partial charge in [0.1, 0.15) is 11.9 Å². The van der Waals surface area contributed by atoms with Crippen molar-refractivity contribution >= 4 is 24.0 Å². The molecule has 1 heterocycles. The first kappa shape index (κ1) is 18.3. The first-order valence-corrected chi connectivity index (χ1v) is 7.64. The number of carbonyl (C=O) groups excluding carboxylic acids is 1. The molecule has 5 nitrogen and oxygen atoms in total. The molecule has 2 aromatic carbocycles. The maximum atomic E-state index is 12.2. The molecule has 0 aliphatic carbocycles. The van der Waals surface area contributed by atoms with Gasteiger partial charge < -0.3 is 20.1 Å². The van der Waals surface area contributed by atoms with E-state index in [0.717, 1.165) is 29.1 Å². The van der Waals surface area contributed by atoms with Gasteiger partial charge in [-0.15, -0.1) is 12.4 Å². The minimum atomic E-state index is -0.446. The monoisotopic (exact) mass is 348 g/mol. The molecule has 2 aromatic rings. The van der Waals surface area contributed by atoms with Crippen molar-refractivity contribution in [3.8, 4) is 16.9 Å². The predicted octanol–water partition coefficient (Wildman–Crippen LogP) is 2.71. The molecule has 1 aliphatic heterocycles. The van der Waals surface area contributed by atoms with Crippen molar-refractivity contribution in [2.75, 3.05) is 32.1 Å². The van der Waals surface area contributed by atoms with E-state index in [0.29, 0.717) is 13.2 Å². The number of rotatable bonds is 4. The van der Waals surface area contributed by atoms with Gasteiger partial charge in [0.2, 0.25) is 0 Å². The third-order valence-corrected chi connectivity index (χ3v) is 3.77. The van der Waals surface area contributed by atoms with E-state index in [1.165, 1.54) is 0 Å². The summed E-state index contributed by atoms with van der Waals surface area (Å²) in [7, 11) is 1.65. The van der Waals surface area contributed by atoms with Crippen molar-refractivity contribution in [1.82, 2.24) is 5.32 Å². The summed E-state index contributed by atoms with van der Waals surface area (Å²) in [6.07, 6.45) is -0.446. The highest BCUT2D eigenvalue weighted by atomic mass is 35.5. The normalized spacial score (nSPS) is 16.8. The zero-order valence-corrected chi connectivity index (χ0v) is 14.3. The van der Waals surface area contributed by atoms with Crippen LogP contribution < -0.4 is 15.4 Å². The van der Waals surface area contributed by atoms with Crippen molar-refractivity contribution in [2.24, 2.45) is 0 Å². The van der Waals surface area contributed by atoms with Gasteiger partial charge in [0.15, 0.2) is 0 Å². The van der Waals surface area contributed by atoms with Crippen LogP contribution in [-0.4, -0.2) is 38.8 Å². The number of morpholine rings is 1. The molecular weight excluding hydrogens is 328 g/mol. The number of hydrogen-bond acceptors (Lipinski definition) is 4. The first-order chi connectivity index (χ1) is 11.3. The number of anilines is 1. The number of para-hydroxylation sites is 1. The highest BCUT2D eigenvalue weighted by Gasteiger charge is 2.21. The minimum absolute atomic E-state index is 0. The largest absolute Gasteiger partial charge is 0.496 e. The van der Waals surface area contributed by atoms with Gasteiger partial charge in [-0.25, -0.2) is 0 Å². The molecule has 0 bridgehead atoms. The molecule has 1 saturated heterocycles. The number of benzene rings is 2. The summed E-state index contributed by atoms with van der Waals surface area (Å²) in [6, 6.07) is 15.5. The highest BCUT2D eigenvalue weighted by Crippen LogP contribution is 2.31. The summed E-state index contributed by atoms with van der Waals surface area (Å²) < 4.78 is 10.9. The molecule has 24 heavy (non-hydrogen) atoms. The van der Waals surface area contributed by atoms with E-state index in [2.05, 4.69) is 10.6 Å². The van der Waals surface area contributed by atoms with E-state index in [1.54, 1.807) is 7.11 Å². The van der Waals surface area contributed by atoms with Gasteiger partial charge in [-0.1, -0.05) is 30.3 Å². The zero-order valence-electron chi connectivity index (χ0n) is 13.5. The van der Waals surface area contributed by atoms with E-state index >= 15 is 0 Å². The number of methoxy groups -OCH3 is 1. The van der Waals surface area contributed by atoms with Crippen molar-refractivity contribution in [3.63, 3.8) is 0 Å². The summed E-state index contributed by atoms with van der Waals surface area (Å²) in [4.78, 5) is 12.2. The van der Waals surface area contributed by atoms with Crippen LogP contribution in [0.2, 0.25) is 0 Å². The van der Waals surface area contributed by atoms with Crippen molar-refractivity contribution in [2.45, 2.75) is 6.10 Å². The van der Waals surface area contributed by atoms with Crippen molar-refractivity contribution in [1.29, 1.82) is 0 Å². The van der Waals surface area contributed by atoms with Crippen LogP contribution in [0, 0.1) is 0 Å². The summed E-state index contributed by atoms with van der Waals surface area (Å²) >= 11 is 0. The summed E-state index contributed by atoms with van der Waals surface area (Å²) in [5, 5.41) is 6.07. The third kappa shape index (κ3) is 4.26. The van der Waals surface area contributed by atoms with E-state index in [4.69, 9.17) is 9.47 Å². The quantitative estimate of drug-likeness (QED) is 0.892. The van der Waals surface area contributed by atoms with Crippen LogP contribution in [0.5, 0.6) is 5.75 Å². The van der Waals surface area contributed by atoms with Crippen molar-refractivity contribution < 1.29 is 14.3 Å². The number of carbonyl (C=O) groups is 1. The molecule has 3 rings (SSSR count). The SMILES string of the molecule is COc1ccccc1-c1cccc(NC(=O)C2CNCCO2)c1.Cl. The number of ether oxygens (including phenoxy) is 2. The average molecular weight is 349 g/mol. The number of hydrogen-bond donors (Lipinski definition) is 2. The Balaban J connectivity index is 0.00000208. The van der Waals surface area contributed by atoms with Gasteiger partial charge in [-0.05, 0) is 23.8 Å². The van der Waals surface area contributed by atoms with Crippen LogP contribution in [0.15, 0.2) is 48.5 Å². The molecule has 6 heteroatoms. The summed E-state index contributed by atoms with van der Waals surface area (Å²) in [5.74, 6) is 0.671. The number of amides is 1. The third-order valence-electron chi connectivity index (χ3n) is 3.77. The lowest BCUT2D eigenvalue weighted by Gasteiger charge is -2.22. The fraction of sp³-hybridized carbons (Fsp3) is 0.278. The molecule has 0 spiro atoms. The maximum absolute atomic E-state index is 12.2. The van der Waals surface area contributed by atoms with E-state index in [9.17, 15) is 4.79 Å². The molecule has 128 valence electrons. The molecule has 1 atom stereocenters. The standard InChI is InChI=1S/C18H20N2O3.ClH/c1-22-16-8-3-2-7-15(16)13-5-4-6-14(11-13)20-18(21)17-12-19-9-10-23-17;/h2-8,11,17,19H,9-10,12H2,1H3,(H,20,21);1H. The molecule has 1 unspecified atom stereocenters. The van der Waals surface area contributed by atoms with E-state index in [1.807, 2.05) is 48.5 Å². The molecule has 1 fully saturated rings. The molecule has 1 aliphatic rings. The number of halogens is 1. The molecular formula is C18H21ClN2O3. The van der Waals surface area contributed by atoms with Crippen LogP contribution >= 0.6 is 12.4 Å². The van der Waals surface area contributed by atoms with E-state index in [-0.39, 0.29) is 18.3 Å². The van der Waals surface area contributed by atoms with Crippen LogP contribution in [0.1, 0.15) is 0 Å². The van der Waals surface area contributed by atoms with Gasteiger partial charge in [-0.2, -0.15) is 0 Å². The fourth-order valence-corrected chi connectivity index (χ4v) is 2.60. The summed E-state index contributed by atoms with van der Waals surface area (Å²) in [5.41, 5.74) is 2.72. The summed E-state index contributed by atoms with van der Waals surface area (Å²) in [6.45, 7) is 1.88. The Hall–Kier alpha value is -2.08.